The Morgan fingerprint density at radius 1 is 1.09 bits per heavy atom. The summed E-state index contributed by atoms with van der Waals surface area (Å²) in [6, 6.07) is 12.6. The second-order valence-corrected chi connectivity index (χ2v) is 9.01. The van der Waals surface area contributed by atoms with Gasteiger partial charge in [-0.2, -0.15) is 13.2 Å². The summed E-state index contributed by atoms with van der Waals surface area (Å²) in [6.07, 6.45) is -4.26. The van der Waals surface area contributed by atoms with Crippen LogP contribution in [0.3, 0.4) is 0 Å². The highest BCUT2D eigenvalue weighted by molar-refractivity contribution is 5.70. The van der Waals surface area contributed by atoms with E-state index < -0.39 is 17.3 Å². The highest BCUT2D eigenvalue weighted by atomic mass is 19.4. The molecule has 1 unspecified atom stereocenters. The van der Waals surface area contributed by atoms with Gasteiger partial charge in [0.25, 0.3) is 0 Å². The average Bonchev–Trinajstić information content (AvgIpc) is 2.75. The third kappa shape index (κ3) is 7.75. The minimum absolute atomic E-state index is 0.0883. The van der Waals surface area contributed by atoms with Crippen molar-refractivity contribution >= 4 is 5.97 Å². The molecule has 0 spiro atoms. The minimum atomic E-state index is -4.42. The highest BCUT2D eigenvalue weighted by Gasteiger charge is 2.33. The molecule has 0 saturated carbocycles. The second kappa shape index (κ2) is 10.6. The normalized spacial score (nSPS) is 17.6. The molecule has 0 amide bonds. The van der Waals surface area contributed by atoms with E-state index in [9.17, 15) is 18.0 Å². The summed E-state index contributed by atoms with van der Waals surface area (Å²) >= 11 is 0. The van der Waals surface area contributed by atoms with Crippen LogP contribution in [0.4, 0.5) is 13.2 Å². The number of rotatable bonds is 7. The van der Waals surface area contributed by atoms with Gasteiger partial charge in [0.2, 0.25) is 0 Å². The van der Waals surface area contributed by atoms with Crippen LogP contribution in [0.2, 0.25) is 0 Å². The molecule has 5 nitrogen and oxygen atoms in total. The van der Waals surface area contributed by atoms with Crippen molar-refractivity contribution < 1.29 is 32.2 Å². The summed E-state index contributed by atoms with van der Waals surface area (Å²) in [7, 11) is 0. The van der Waals surface area contributed by atoms with Crippen molar-refractivity contribution in [1.29, 1.82) is 0 Å². The molecular formula is C25H30F3NO4. The number of carbonyl (C=O) groups is 1. The molecule has 1 saturated heterocycles. The molecule has 1 aliphatic heterocycles. The van der Waals surface area contributed by atoms with E-state index in [1.54, 1.807) is 18.2 Å². The second-order valence-electron chi connectivity index (χ2n) is 9.01. The largest absolute Gasteiger partial charge is 0.489 e. The van der Waals surface area contributed by atoms with Crippen molar-refractivity contribution in [2.45, 2.75) is 51.7 Å². The van der Waals surface area contributed by atoms with Gasteiger partial charge in [-0.15, -0.1) is 0 Å². The third-order valence-corrected chi connectivity index (χ3v) is 5.17. The summed E-state index contributed by atoms with van der Waals surface area (Å²) in [6.45, 7) is 7.88. The van der Waals surface area contributed by atoms with Gasteiger partial charge in [-0.25, -0.2) is 0 Å². The number of nitrogens with zero attached hydrogens (tertiary/aromatic N) is 1. The van der Waals surface area contributed by atoms with Crippen molar-refractivity contribution in [1.82, 2.24) is 4.90 Å². The number of alkyl halides is 3. The molecule has 3 rings (SSSR count). The Morgan fingerprint density at radius 2 is 1.79 bits per heavy atom. The SMILES string of the molecule is CC(C)(C)OC(=O)CCN1CCOC(c2ccc(OCc3ccccc3C(F)(F)F)cc2)C1. The summed E-state index contributed by atoms with van der Waals surface area (Å²) in [4.78, 5) is 14.1. The molecule has 1 atom stereocenters. The molecule has 2 aromatic carbocycles. The molecule has 0 radical (unpaired) electrons. The first-order valence-electron chi connectivity index (χ1n) is 10.9. The van der Waals surface area contributed by atoms with Crippen LogP contribution in [0.1, 0.15) is 50.0 Å². The van der Waals surface area contributed by atoms with Crippen molar-refractivity contribution in [2.24, 2.45) is 0 Å². The van der Waals surface area contributed by atoms with Crippen LogP contribution in [-0.4, -0.2) is 42.7 Å². The van der Waals surface area contributed by atoms with E-state index in [0.29, 0.717) is 31.9 Å². The number of carbonyl (C=O) groups excluding carboxylic acids is 1. The number of benzene rings is 2. The van der Waals surface area contributed by atoms with Crippen LogP contribution >= 0.6 is 0 Å². The van der Waals surface area contributed by atoms with E-state index in [2.05, 4.69) is 4.90 Å². The molecule has 180 valence electrons. The fourth-order valence-corrected chi connectivity index (χ4v) is 3.61. The summed E-state index contributed by atoms with van der Waals surface area (Å²) < 4.78 is 56.2. The lowest BCUT2D eigenvalue weighted by atomic mass is 10.1. The van der Waals surface area contributed by atoms with Gasteiger partial charge in [0, 0.05) is 25.2 Å². The van der Waals surface area contributed by atoms with Crippen molar-refractivity contribution in [3.05, 3.63) is 65.2 Å². The zero-order valence-corrected chi connectivity index (χ0v) is 19.2. The molecule has 1 heterocycles. The van der Waals surface area contributed by atoms with Crippen LogP contribution in [-0.2, 0) is 27.1 Å². The third-order valence-electron chi connectivity index (χ3n) is 5.17. The molecule has 33 heavy (non-hydrogen) atoms. The molecule has 0 aliphatic carbocycles. The van der Waals surface area contributed by atoms with Gasteiger partial charge in [-0.1, -0.05) is 30.3 Å². The van der Waals surface area contributed by atoms with E-state index in [1.807, 2.05) is 32.9 Å². The molecule has 2 aromatic rings. The zero-order chi connectivity index (χ0) is 24.1. The van der Waals surface area contributed by atoms with Gasteiger partial charge in [0.15, 0.2) is 0 Å². The first-order chi connectivity index (χ1) is 15.5. The maximum atomic E-state index is 13.1. The molecule has 8 heteroatoms. The number of hydrogen-bond acceptors (Lipinski definition) is 5. The van der Waals surface area contributed by atoms with E-state index in [-0.39, 0.29) is 24.2 Å². The smallest absolute Gasteiger partial charge is 0.416 e. The minimum Gasteiger partial charge on any atom is -0.489 e. The Bertz CT molecular complexity index is 922. The Kier molecular flexibility index (Phi) is 8.02. The van der Waals surface area contributed by atoms with Crippen LogP contribution in [0, 0.1) is 0 Å². The van der Waals surface area contributed by atoms with E-state index in [4.69, 9.17) is 14.2 Å². The van der Waals surface area contributed by atoms with Gasteiger partial charge in [-0.3, -0.25) is 9.69 Å². The Labute approximate surface area is 192 Å². The molecule has 0 bridgehead atoms. The zero-order valence-electron chi connectivity index (χ0n) is 19.2. The Balaban J connectivity index is 1.53. The first-order valence-corrected chi connectivity index (χ1v) is 10.9. The monoisotopic (exact) mass is 465 g/mol. The fourth-order valence-electron chi connectivity index (χ4n) is 3.61. The van der Waals surface area contributed by atoms with E-state index in [0.717, 1.165) is 18.2 Å². The summed E-state index contributed by atoms with van der Waals surface area (Å²) in [5.74, 6) is 0.257. The quantitative estimate of drug-likeness (QED) is 0.513. The number of esters is 1. The van der Waals surface area contributed by atoms with Crippen molar-refractivity contribution in [3.63, 3.8) is 0 Å². The van der Waals surface area contributed by atoms with Gasteiger partial charge in [-0.05, 0) is 44.5 Å². The topological polar surface area (TPSA) is 48.0 Å². The Morgan fingerprint density at radius 3 is 2.45 bits per heavy atom. The molecule has 1 fully saturated rings. The first kappa shape index (κ1) is 25.1. The Hall–Kier alpha value is -2.58. The lowest BCUT2D eigenvalue weighted by Gasteiger charge is -2.33. The van der Waals surface area contributed by atoms with Crippen LogP contribution in [0.15, 0.2) is 48.5 Å². The molecular weight excluding hydrogens is 435 g/mol. The van der Waals surface area contributed by atoms with Gasteiger partial charge >= 0.3 is 12.1 Å². The van der Waals surface area contributed by atoms with Crippen molar-refractivity contribution in [3.8, 4) is 5.75 Å². The molecule has 0 N–H and O–H groups in total. The maximum Gasteiger partial charge on any atom is 0.416 e. The van der Waals surface area contributed by atoms with Crippen LogP contribution in [0.5, 0.6) is 5.75 Å². The molecule has 0 aromatic heterocycles. The summed E-state index contributed by atoms with van der Waals surface area (Å²) in [5, 5.41) is 0. The number of ether oxygens (including phenoxy) is 3. The fraction of sp³-hybridized carbons (Fsp3) is 0.480. The highest BCUT2D eigenvalue weighted by Crippen LogP contribution is 2.32. The standard InChI is InChI=1S/C25H30F3NO4/c1-24(2,3)33-23(30)12-13-29-14-15-31-22(16-29)18-8-10-20(11-9-18)32-17-19-6-4-5-7-21(19)25(26,27)28/h4-11,22H,12-17H2,1-3H3. The lowest BCUT2D eigenvalue weighted by Crippen LogP contribution is -2.39. The van der Waals surface area contributed by atoms with E-state index >= 15 is 0 Å². The predicted molar refractivity (Wildman–Crippen MR) is 118 cm³/mol. The van der Waals surface area contributed by atoms with Gasteiger partial charge in [0.1, 0.15) is 18.0 Å². The van der Waals surface area contributed by atoms with Crippen LogP contribution < -0.4 is 4.74 Å². The number of halogens is 3. The van der Waals surface area contributed by atoms with Gasteiger partial charge < -0.3 is 14.2 Å². The summed E-state index contributed by atoms with van der Waals surface area (Å²) in [5.41, 5.74) is -0.155. The number of morpholine rings is 1. The van der Waals surface area contributed by atoms with Gasteiger partial charge in [0.05, 0.1) is 24.7 Å². The van der Waals surface area contributed by atoms with Crippen LogP contribution in [0.25, 0.3) is 0 Å². The number of hydrogen-bond donors (Lipinski definition) is 0. The molecule has 1 aliphatic rings. The average molecular weight is 466 g/mol. The maximum absolute atomic E-state index is 13.1. The predicted octanol–water partition coefficient (Wildman–Crippen LogP) is 5.39. The van der Waals surface area contributed by atoms with Crippen molar-refractivity contribution in [2.75, 3.05) is 26.2 Å². The van der Waals surface area contributed by atoms with E-state index in [1.165, 1.54) is 12.1 Å². The lowest BCUT2D eigenvalue weighted by molar-refractivity contribution is -0.155.